The number of ketones is 1. The van der Waals surface area contributed by atoms with E-state index in [4.69, 9.17) is 19.2 Å². The third kappa shape index (κ3) is 3.85. The largest absolute Gasteiger partial charge is 0.481 e. The molecule has 0 atom stereocenters. The van der Waals surface area contributed by atoms with E-state index in [0.717, 1.165) is 5.39 Å². The Balaban J connectivity index is 1.53. The molecule has 0 amide bonds. The van der Waals surface area contributed by atoms with E-state index in [2.05, 4.69) is 0 Å². The van der Waals surface area contributed by atoms with Crippen LogP contribution in [-0.4, -0.2) is 25.0 Å². The normalized spacial score (nSPS) is 10.2. The van der Waals surface area contributed by atoms with Crippen molar-refractivity contribution in [2.45, 2.75) is 0 Å². The smallest absolute Gasteiger partial charge is 0.344 e. The van der Waals surface area contributed by atoms with Crippen LogP contribution in [0, 0.1) is 11.3 Å². The van der Waals surface area contributed by atoms with Crippen LogP contribution in [-0.2, 0) is 9.53 Å². The molecular formula is C19H13NO5. The molecule has 0 radical (unpaired) electrons. The van der Waals surface area contributed by atoms with Crippen LogP contribution < -0.4 is 4.74 Å². The number of carbonyl (C=O) groups excluding carboxylic acids is 2. The van der Waals surface area contributed by atoms with Gasteiger partial charge in [-0.25, -0.2) is 4.79 Å². The highest BCUT2D eigenvalue weighted by Crippen LogP contribution is 2.19. The van der Waals surface area contributed by atoms with Crippen molar-refractivity contribution in [1.29, 1.82) is 5.26 Å². The van der Waals surface area contributed by atoms with Crippen molar-refractivity contribution >= 4 is 22.7 Å². The van der Waals surface area contributed by atoms with E-state index in [1.165, 1.54) is 0 Å². The summed E-state index contributed by atoms with van der Waals surface area (Å²) in [6.45, 7) is -0.839. The van der Waals surface area contributed by atoms with Crippen LogP contribution in [0.4, 0.5) is 0 Å². The van der Waals surface area contributed by atoms with E-state index >= 15 is 0 Å². The lowest BCUT2D eigenvalue weighted by molar-refractivity contribution is -0.144. The highest BCUT2D eigenvalue weighted by Gasteiger charge is 2.15. The lowest BCUT2D eigenvalue weighted by atomic mass is 10.2. The van der Waals surface area contributed by atoms with E-state index < -0.39 is 25.0 Å². The topological polar surface area (TPSA) is 89.5 Å². The number of nitrogens with zero attached hydrogens (tertiary/aromatic N) is 1. The minimum atomic E-state index is -0.711. The summed E-state index contributed by atoms with van der Waals surface area (Å²) < 4.78 is 15.6. The van der Waals surface area contributed by atoms with Gasteiger partial charge in [0, 0.05) is 5.39 Å². The molecule has 0 N–H and O–H groups in total. The molecule has 0 spiro atoms. The molecule has 25 heavy (non-hydrogen) atoms. The van der Waals surface area contributed by atoms with E-state index in [9.17, 15) is 9.59 Å². The molecule has 3 rings (SSSR count). The van der Waals surface area contributed by atoms with Gasteiger partial charge in [-0.15, -0.1) is 0 Å². The number of carbonyl (C=O) groups is 2. The molecule has 1 aromatic heterocycles. The molecule has 2 aromatic carbocycles. The van der Waals surface area contributed by atoms with E-state index in [-0.39, 0.29) is 11.5 Å². The molecule has 0 unspecified atom stereocenters. The zero-order chi connectivity index (χ0) is 17.6. The zero-order valence-corrected chi connectivity index (χ0v) is 13.1. The summed E-state index contributed by atoms with van der Waals surface area (Å²) in [6.07, 6.45) is 0. The Labute approximate surface area is 143 Å². The lowest BCUT2D eigenvalue weighted by Crippen LogP contribution is -2.19. The maximum atomic E-state index is 12.0. The van der Waals surface area contributed by atoms with Gasteiger partial charge in [0.1, 0.15) is 17.4 Å². The molecule has 6 nitrogen and oxygen atoms in total. The summed E-state index contributed by atoms with van der Waals surface area (Å²) in [6, 6.07) is 17.3. The third-order valence-electron chi connectivity index (χ3n) is 3.42. The van der Waals surface area contributed by atoms with Crippen LogP contribution in [0.25, 0.3) is 11.0 Å². The summed E-state index contributed by atoms with van der Waals surface area (Å²) in [7, 11) is 0. The van der Waals surface area contributed by atoms with Gasteiger partial charge in [-0.3, -0.25) is 4.79 Å². The van der Waals surface area contributed by atoms with Gasteiger partial charge in [-0.05, 0) is 24.3 Å². The van der Waals surface area contributed by atoms with Crippen LogP contribution in [0.15, 0.2) is 59.0 Å². The zero-order valence-electron chi connectivity index (χ0n) is 13.1. The van der Waals surface area contributed by atoms with Crippen molar-refractivity contribution in [3.8, 4) is 11.8 Å². The second-order valence-electron chi connectivity index (χ2n) is 5.13. The minimum absolute atomic E-state index is 0.129. The number of ether oxygens (including phenoxy) is 2. The van der Waals surface area contributed by atoms with Crippen LogP contribution >= 0.6 is 0 Å². The molecule has 0 aliphatic heterocycles. The van der Waals surface area contributed by atoms with E-state index in [1.54, 1.807) is 42.5 Å². The molecular weight excluding hydrogens is 322 g/mol. The average Bonchev–Trinajstić information content (AvgIpc) is 3.09. The number of nitriles is 1. The molecule has 0 saturated heterocycles. The van der Waals surface area contributed by atoms with Gasteiger partial charge in [0.2, 0.25) is 5.78 Å². The highest BCUT2D eigenvalue weighted by atomic mass is 16.6. The molecule has 124 valence electrons. The Morgan fingerprint density at radius 2 is 1.80 bits per heavy atom. The van der Waals surface area contributed by atoms with Crippen LogP contribution in [0.1, 0.15) is 16.1 Å². The number of rotatable bonds is 6. The summed E-state index contributed by atoms with van der Waals surface area (Å²) in [5, 5.41) is 9.74. The number of hydrogen-bond acceptors (Lipinski definition) is 6. The fourth-order valence-corrected chi connectivity index (χ4v) is 2.20. The Bertz CT molecular complexity index is 934. The number of fused-ring (bicyclic) bond motifs is 1. The monoisotopic (exact) mass is 335 g/mol. The van der Waals surface area contributed by atoms with Gasteiger partial charge in [0.05, 0.1) is 5.56 Å². The van der Waals surface area contributed by atoms with Crippen molar-refractivity contribution in [1.82, 2.24) is 0 Å². The van der Waals surface area contributed by atoms with E-state index in [1.807, 2.05) is 18.2 Å². The first-order valence-electron chi connectivity index (χ1n) is 7.46. The summed E-state index contributed by atoms with van der Waals surface area (Å²) in [5.41, 5.74) is 0.905. The molecule has 0 bridgehead atoms. The molecule has 0 fully saturated rings. The van der Waals surface area contributed by atoms with Gasteiger partial charge in [-0.2, -0.15) is 5.26 Å². The summed E-state index contributed by atoms with van der Waals surface area (Å²) >= 11 is 0. The standard InChI is InChI=1S/C19H13NO5/c20-10-14-6-2-3-7-16(14)23-12-19(22)24-11-15(21)18-9-13-5-1-4-8-17(13)25-18/h1-9H,11-12H2. The number of Topliss-reactive ketones (excluding diaryl/α,β-unsaturated/α-hetero) is 1. The molecule has 0 saturated carbocycles. The molecule has 0 aliphatic rings. The SMILES string of the molecule is N#Cc1ccccc1OCC(=O)OCC(=O)c1cc2ccccc2o1. The third-order valence-corrected chi connectivity index (χ3v) is 3.42. The first kappa shape index (κ1) is 16.3. The van der Waals surface area contributed by atoms with Crippen LogP contribution in [0.5, 0.6) is 5.75 Å². The Morgan fingerprint density at radius 1 is 1.04 bits per heavy atom. The average molecular weight is 335 g/mol. The van der Waals surface area contributed by atoms with E-state index in [0.29, 0.717) is 11.1 Å². The fraction of sp³-hybridized carbons (Fsp3) is 0.105. The van der Waals surface area contributed by atoms with Gasteiger partial charge >= 0.3 is 5.97 Å². The number of esters is 1. The van der Waals surface area contributed by atoms with Crippen molar-refractivity contribution in [2.24, 2.45) is 0 Å². The Hall–Kier alpha value is -3.59. The first-order chi connectivity index (χ1) is 12.2. The van der Waals surface area contributed by atoms with Crippen LogP contribution in [0.2, 0.25) is 0 Å². The lowest BCUT2D eigenvalue weighted by Gasteiger charge is -2.07. The molecule has 6 heteroatoms. The highest BCUT2D eigenvalue weighted by molar-refractivity contribution is 5.99. The van der Waals surface area contributed by atoms with Gasteiger partial charge < -0.3 is 13.9 Å². The van der Waals surface area contributed by atoms with Gasteiger partial charge in [-0.1, -0.05) is 30.3 Å². The van der Waals surface area contributed by atoms with Crippen molar-refractivity contribution in [3.63, 3.8) is 0 Å². The first-order valence-corrected chi connectivity index (χ1v) is 7.46. The van der Waals surface area contributed by atoms with Crippen LogP contribution in [0.3, 0.4) is 0 Å². The molecule has 0 aliphatic carbocycles. The summed E-state index contributed by atoms with van der Waals surface area (Å²) in [5.74, 6) is -0.741. The maximum Gasteiger partial charge on any atom is 0.344 e. The second kappa shape index (κ2) is 7.32. The Kier molecular flexibility index (Phi) is 4.77. The molecule has 3 aromatic rings. The summed E-state index contributed by atoms with van der Waals surface area (Å²) in [4.78, 5) is 23.7. The van der Waals surface area contributed by atoms with Crippen molar-refractivity contribution in [3.05, 3.63) is 65.9 Å². The molecule has 1 heterocycles. The van der Waals surface area contributed by atoms with Crippen molar-refractivity contribution < 1.29 is 23.5 Å². The quantitative estimate of drug-likeness (QED) is 0.508. The number of hydrogen-bond donors (Lipinski definition) is 0. The Morgan fingerprint density at radius 3 is 2.60 bits per heavy atom. The van der Waals surface area contributed by atoms with Gasteiger partial charge in [0.25, 0.3) is 0 Å². The fourth-order valence-electron chi connectivity index (χ4n) is 2.20. The second-order valence-corrected chi connectivity index (χ2v) is 5.13. The predicted molar refractivity (Wildman–Crippen MR) is 88.2 cm³/mol. The predicted octanol–water partition coefficient (Wildman–Crippen LogP) is 3.11. The minimum Gasteiger partial charge on any atom is -0.481 e. The number of furan rings is 1. The maximum absolute atomic E-state index is 12.0. The number of para-hydroxylation sites is 2. The number of benzene rings is 2. The van der Waals surface area contributed by atoms with Gasteiger partial charge in [0.15, 0.2) is 19.0 Å². The van der Waals surface area contributed by atoms with Crippen molar-refractivity contribution in [2.75, 3.05) is 13.2 Å².